The number of nitrogens with zero attached hydrogens (tertiary/aromatic N) is 1. The minimum atomic E-state index is -3.73. The fourth-order valence-electron chi connectivity index (χ4n) is 3.80. The van der Waals surface area contributed by atoms with E-state index in [9.17, 15) is 18.0 Å². The van der Waals surface area contributed by atoms with Crippen LogP contribution in [0.4, 0.5) is 11.4 Å². The molecule has 1 unspecified atom stereocenters. The fourth-order valence-corrected chi connectivity index (χ4v) is 4.68. The van der Waals surface area contributed by atoms with Crippen LogP contribution in [0.15, 0.2) is 48.5 Å². The van der Waals surface area contributed by atoms with Crippen LogP contribution < -0.4 is 14.9 Å². The van der Waals surface area contributed by atoms with Crippen LogP contribution in [0, 0.1) is 0 Å². The summed E-state index contributed by atoms with van der Waals surface area (Å²) in [7, 11) is -3.73. The SMILES string of the molecule is CC(C)c1ccccc1N(CC(=O)Nc1ccccc1C(=O)NCC1CCCO1)S(C)(=O)=O. The monoisotopic (exact) mass is 473 g/mol. The predicted octanol–water partition coefficient (Wildman–Crippen LogP) is 3.12. The van der Waals surface area contributed by atoms with Gasteiger partial charge in [-0.15, -0.1) is 0 Å². The van der Waals surface area contributed by atoms with Gasteiger partial charge in [-0.3, -0.25) is 13.9 Å². The first-order valence-electron chi connectivity index (χ1n) is 11.0. The summed E-state index contributed by atoms with van der Waals surface area (Å²) in [6, 6.07) is 13.8. The molecule has 1 heterocycles. The molecule has 1 aliphatic rings. The molecule has 1 saturated heterocycles. The average Bonchev–Trinajstić information content (AvgIpc) is 3.29. The maximum Gasteiger partial charge on any atom is 0.253 e. The van der Waals surface area contributed by atoms with Crippen molar-refractivity contribution in [1.82, 2.24) is 5.32 Å². The van der Waals surface area contributed by atoms with Gasteiger partial charge in [-0.2, -0.15) is 0 Å². The first kappa shape index (κ1) is 24.7. The first-order valence-corrected chi connectivity index (χ1v) is 12.9. The van der Waals surface area contributed by atoms with Gasteiger partial charge in [0.25, 0.3) is 5.91 Å². The molecule has 2 N–H and O–H groups in total. The summed E-state index contributed by atoms with van der Waals surface area (Å²) in [5.74, 6) is -0.799. The highest BCUT2D eigenvalue weighted by Crippen LogP contribution is 2.29. The Bertz CT molecular complexity index is 1090. The van der Waals surface area contributed by atoms with E-state index < -0.39 is 22.5 Å². The fraction of sp³-hybridized carbons (Fsp3) is 0.417. The van der Waals surface area contributed by atoms with Crippen LogP contribution in [-0.2, 0) is 19.6 Å². The van der Waals surface area contributed by atoms with Crippen LogP contribution in [0.1, 0.15) is 48.5 Å². The third kappa shape index (κ3) is 6.55. The molecule has 2 aromatic carbocycles. The number of hydrogen-bond donors (Lipinski definition) is 2. The lowest BCUT2D eigenvalue weighted by Crippen LogP contribution is -2.38. The Balaban J connectivity index is 1.76. The number of ether oxygens (including phenoxy) is 1. The summed E-state index contributed by atoms with van der Waals surface area (Å²) in [6.45, 7) is 4.61. The number of hydrogen-bond acceptors (Lipinski definition) is 5. The second-order valence-electron chi connectivity index (χ2n) is 8.42. The maximum absolute atomic E-state index is 12.9. The first-order chi connectivity index (χ1) is 15.7. The van der Waals surface area contributed by atoms with Crippen molar-refractivity contribution < 1.29 is 22.7 Å². The van der Waals surface area contributed by atoms with E-state index in [-0.39, 0.29) is 17.9 Å². The molecule has 0 aliphatic carbocycles. The van der Waals surface area contributed by atoms with Crippen molar-refractivity contribution in [2.45, 2.75) is 38.7 Å². The van der Waals surface area contributed by atoms with Crippen LogP contribution in [0.25, 0.3) is 0 Å². The van der Waals surface area contributed by atoms with E-state index >= 15 is 0 Å². The molecule has 2 amide bonds. The van der Waals surface area contributed by atoms with Crippen molar-refractivity contribution in [2.24, 2.45) is 0 Å². The van der Waals surface area contributed by atoms with Crippen molar-refractivity contribution in [3.8, 4) is 0 Å². The molecular formula is C24H31N3O5S. The molecule has 1 aliphatic heterocycles. The summed E-state index contributed by atoms with van der Waals surface area (Å²) in [6.07, 6.45) is 2.95. The van der Waals surface area contributed by atoms with Crippen molar-refractivity contribution in [1.29, 1.82) is 0 Å². The topological polar surface area (TPSA) is 105 Å². The van der Waals surface area contributed by atoms with Crippen LogP contribution in [0.3, 0.4) is 0 Å². The van der Waals surface area contributed by atoms with E-state index in [4.69, 9.17) is 4.74 Å². The van der Waals surface area contributed by atoms with Crippen molar-refractivity contribution in [2.75, 3.05) is 35.6 Å². The van der Waals surface area contributed by atoms with Gasteiger partial charge in [-0.05, 0) is 42.5 Å². The van der Waals surface area contributed by atoms with Crippen LogP contribution >= 0.6 is 0 Å². The van der Waals surface area contributed by atoms with Crippen molar-refractivity contribution in [3.63, 3.8) is 0 Å². The highest BCUT2D eigenvalue weighted by molar-refractivity contribution is 7.92. The number of nitrogens with one attached hydrogen (secondary N) is 2. The molecule has 1 atom stereocenters. The zero-order valence-electron chi connectivity index (χ0n) is 19.2. The Morgan fingerprint density at radius 3 is 2.48 bits per heavy atom. The van der Waals surface area contributed by atoms with Crippen LogP contribution in [0.2, 0.25) is 0 Å². The average molecular weight is 474 g/mol. The van der Waals surface area contributed by atoms with Gasteiger partial charge in [0.1, 0.15) is 6.54 Å². The Morgan fingerprint density at radius 1 is 1.12 bits per heavy atom. The van der Waals surface area contributed by atoms with Gasteiger partial charge in [-0.1, -0.05) is 44.2 Å². The second-order valence-corrected chi connectivity index (χ2v) is 10.3. The van der Waals surface area contributed by atoms with E-state index in [0.29, 0.717) is 30.1 Å². The van der Waals surface area contributed by atoms with Gasteiger partial charge in [0.2, 0.25) is 15.9 Å². The number of anilines is 2. The number of amides is 2. The Morgan fingerprint density at radius 2 is 1.82 bits per heavy atom. The minimum absolute atomic E-state index is 0.0000443. The molecule has 0 saturated carbocycles. The Hall–Kier alpha value is -2.91. The summed E-state index contributed by atoms with van der Waals surface area (Å²) in [5, 5.41) is 5.55. The molecule has 9 heteroatoms. The van der Waals surface area contributed by atoms with Gasteiger partial charge in [-0.25, -0.2) is 8.42 Å². The Labute approximate surface area is 195 Å². The standard InChI is InChI=1S/C24H31N3O5S/c1-17(2)19-10-5-7-13-22(19)27(33(3,30)31)16-23(28)26-21-12-6-4-11-20(21)24(29)25-15-18-9-8-14-32-18/h4-7,10-13,17-18H,8-9,14-16H2,1-3H3,(H,25,29)(H,26,28). The van der Waals surface area contributed by atoms with Crippen LogP contribution in [0.5, 0.6) is 0 Å². The van der Waals surface area contributed by atoms with E-state index in [2.05, 4.69) is 10.6 Å². The molecule has 2 aromatic rings. The lowest BCUT2D eigenvalue weighted by Gasteiger charge is -2.25. The van der Waals surface area contributed by atoms with Crippen LogP contribution in [-0.4, -0.2) is 52.3 Å². The number of carbonyl (C=O) groups is 2. The highest BCUT2D eigenvalue weighted by atomic mass is 32.2. The molecule has 0 aromatic heterocycles. The molecule has 33 heavy (non-hydrogen) atoms. The largest absolute Gasteiger partial charge is 0.376 e. The van der Waals surface area contributed by atoms with E-state index in [0.717, 1.165) is 29.0 Å². The number of rotatable bonds is 9. The summed E-state index contributed by atoms with van der Waals surface area (Å²) in [5.41, 5.74) is 1.91. The van der Waals surface area contributed by atoms with Gasteiger partial charge < -0.3 is 15.4 Å². The van der Waals surface area contributed by atoms with Gasteiger partial charge in [0, 0.05) is 13.2 Å². The number of benzene rings is 2. The zero-order valence-corrected chi connectivity index (χ0v) is 20.0. The van der Waals surface area contributed by atoms with Gasteiger partial charge in [0.05, 0.1) is 29.3 Å². The summed E-state index contributed by atoms with van der Waals surface area (Å²) in [4.78, 5) is 25.6. The minimum Gasteiger partial charge on any atom is -0.376 e. The Kier molecular flexibility index (Phi) is 8.10. The van der Waals surface area contributed by atoms with E-state index in [1.807, 2.05) is 26.0 Å². The smallest absolute Gasteiger partial charge is 0.253 e. The number of sulfonamides is 1. The van der Waals surface area contributed by atoms with E-state index in [1.165, 1.54) is 0 Å². The van der Waals surface area contributed by atoms with Crippen molar-refractivity contribution >= 4 is 33.2 Å². The van der Waals surface area contributed by atoms with Gasteiger partial charge >= 0.3 is 0 Å². The molecule has 0 radical (unpaired) electrons. The second kappa shape index (κ2) is 10.8. The molecule has 0 spiro atoms. The lowest BCUT2D eigenvalue weighted by molar-refractivity contribution is -0.114. The summed E-state index contributed by atoms with van der Waals surface area (Å²) >= 11 is 0. The molecular weight excluding hydrogens is 442 g/mol. The zero-order chi connectivity index (χ0) is 24.0. The van der Waals surface area contributed by atoms with E-state index in [1.54, 1.807) is 36.4 Å². The van der Waals surface area contributed by atoms with Crippen molar-refractivity contribution in [3.05, 3.63) is 59.7 Å². The quantitative estimate of drug-likeness (QED) is 0.582. The molecule has 0 bridgehead atoms. The number of carbonyl (C=O) groups excluding carboxylic acids is 2. The molecule has 3 rings (SSSR count). The third-order valence-electron chi connectivity index (χ3n) is 5.48. The molecule has 178 valence electrons. The highest BCUT2D eigenvalue weighted by Gasteiger charge is 2.25. The molecule has 8 nitrogen and oxygen atoms in total. The summed E-state index contributed by atoms with van der Waals surface area (Å²) < 4.78 is 31.7. The molecule has 1 fully saturated rings. The lowest BCUT2D eigenvalue weighted by atomic mass is 10.0. The van der Waals surface area contributed by atoms with Gasteiger partial charge in [0.15, 0.2) is 0 Å². The number of para-hydroxylation sites is 2. The third-order valence-corrected chi connectivity index (χ3v) is 6.60. The normalized spacial score (nSPS) is 15.9. The predicted molar refractivity (Wildman–Crippen MR) is 129 cm³/mol. The maximum atomic E-state index is 12.9.